The SMILES string of the molecule is CC(Sc1nn[nH]n1)C1=C(C(=O)[O-])N2C(=O)C(NC(=O)C(C#N)S(C)(=O)=O)[C@@H]2SC1.[Na+]. The molecule has 2 aliphatic heterocycles. The van der Waals surface area contributed by atoms with Gasteiger partial charge in [-0.1, -0.05) is 11.8 Å². The molecule has 13 nitrogen and oxygen atoms in total. The van der Waals surface area contributed by atoms with Crippen LogP contribution < -0.4 is 40.0 Å². The van der Waals surface area contributed by atoms with Crippen LogP contribution in [-0.2, 0) is 24.2 Å². The molecule has 1 aromatic heterocycles. The molecule has 160 valence electrons. The monoisotopic (exact) mass is 495 g/mol. The van der Waals surface area contributed by atoms with E-state index in [4.69, 9.17) is 5.26 Å². The van der Waals surface area contributed by atoms with Gasteiger partial charge in [-0.05, 0) is 17.7 Å². The summed E-state index contributed by atoms with van der Waals surface area (Å²) in [5.41, 5.74) is 0.105. The Kier molecular flexibility index (Phi) is 8.16. The summed E-state index contributed by atoms with van der Waals surface area (Å²) >= 11 is 2.33. The van der Waals surface area contributed by atoms with Crippen molar-refractivity contribution in [3.8, 4) is 6.07 Å². The minimum atomic E-state index is -4.00. The van der Waals surface area contributed by atoms with Gasteiger partial charge in [0, 0.05) is 17.3 Å². The number of nitrogens with zero attached hydrogens (tertiary/aromatic N) is 5. The van der Waals surface area contributed by atoms with Crippen LogP contribution >= 0.6 is 23.5 Å². The Bertz CT molecular complexity index is 1070. The summed E-state index contributed by atoms with van der Waals surface area (Å²) in [7, 11) is -4.00. The molecule has 0 radical (unpaired) electrons. The van der Waals surface area contributed by atoms with Gasteiger partial charge in [-0.25, -0.2) is 8.42 Å². The normalized spacial score (nSPS) is 22.4. The molecular formula is C14H14N7NaO6S3. The van der Waals surface area contributed by atoms with Crippen molar-refractivity contribution in [1.29, 1.82) is 5.26 Å². The van der Waals surface area contributed by atoms with Gasteiger partial charge >= 0.3 is 29.6 Å². The predicted octanol–water partition coefficient (Wildman–Crippen LogP) is -5.98. The number of hydrogen-bond acceptors (Lipinski definition) is 12. The molecule has 0 aromatic carbocycles. The first kappa shape index (κ1) is 25.6. The quantitative estimate of drug-likeness (QED) is 0.206. The fourth-order valence-electron chi connectivity index (χ4n) is 2.95. The number of fused-ring (bicyclic) bond motifs is 1. The van der Waals surface area contributed by atoms with Crippen LogP contribution in [-0.4, -0.2) is 85.6 Å². The molecule has 0 spiro atoms. The smallest absolute Gasteiger partial charge is 0.543 e. The molecule has 1 saturated heterocycles. The molecule has 2 amide bonds. The van der Waals surface area contributed by atoms with E-state index in [1.54, 1.807) is 6.92 Å². The molecule has 4 atom stereocenters. The van der Waals surface area contributed by atoms with Gasteiger partial charge in [0.1, 0.15) is 11.4 Å². The van der Waals surface area contributed by atoms with Crippen molar-refractivity contribution >= 4 is 51.1 Å². The fraction of sp³-hybridized carbons (Fsp3) is 0.500. The van der Waals surface area contributed by atoms with Crippen LogP contribution in [0.3, 0.4) is 0 Å². The number of aliphatic carboxylic acids is 1. The number of tetrazole rings is 1. The Hall–Kier alpha value is -1.64. The van der Waals surface area contributed by atoms with Crippen molar-refractivity contribution in [2.45, 2.75) is 34.0 Å². The van der Waals surface area contributed by atoms with Crippen molar-refractivity contribution in [3.63, 3.8) is 0 Å². The molecule has 1 fully saturated rings. The van der Waals surface area contributed by atoms with E-state index in [9.17, 15) is 27.9 Å². The molecule has 0 aliphatic carbocycles. The Labute approximate surface area is 207 Å². The van der Waals surface area contributed by atoms with Gasteiger partial charge in [-0.3, -0.25) is 14.5 Å². The summed E-state index contributed by atoms with van der Waals surface area (Å²) in [6.45, 7) is 1.72. The summed E-state index contributed by atoms with van der Waals surface area (Å²) in [6.07, 6.45) is 0.733. The minimum absolute atomic E-state index is 0. The van der Waals surface area contributed by atoms with E-state index in [0.29, 0.717) is 10.7 Å². The largest absolute Gasteiger partial charge is 1.00 e. The number of sulfone groups is 1. The third-order valence-corrected chi connectivity index (χ3v) is 7.87. The molecule has 3 rings (SSSR count). The third kappa shape index (κ3) is 5.07. The van der Waals surface area contributed by atoms with Crippen LogP contribution in [0.25, 0.3) is 0 Å². The average molecular weight is 496 g/mol. The number of β-lactam (4-membered cyclic amide) rings is 1. The Morgan fingerprint density at radius 1 is 1.48 bits per heavy atom. The first-order valence-electron chi connectivity index (χ1n) is 8.24. The first-order chi connectivity index (χ1) is 14.1. The van der Waals surface area contributed by atoms with Crippen molar-refractivity contribution in [2.24, 2.45) is 0 Å². The molecule has 31 heavy (non-hydrogen) atoms. The van der Waals surface area contributed by atoms with Gasteiger partial charge < -0.3 is 15.2 Å². The molecule has 0 saturated carbocycles. The minimum Gasteiger partial charge on any atom is -0.543 e. The van der Waals surface area contributed by atoms with Gasteiger partial charge in [0.05, 0.1) is 17.7 Å². The van der Waals surface area contributed by atoms with Crippen LogP contribution in [0, 0.1) is 11.3 Å². The molecule has 0 bridgehead atoms. The molecule has 1 aromatic rings. The van der Waals surface area contributed by atoms with Gasteiger partial charge in [-0.15, -0.1) is 22.0 Å². The summed E-state index contributed by atoms with van der Waals surface area (Å²) in [5, 5.41) is 33.4. The van der Waals surface area contributed by atoms with E-state index in [2.05, 4.69) is 25.9 Å². The molecule has 3 unspecified atom stereocenters. The zero-order valence-electron chi connectivity index (χ0n) is 16.4. The Morgan fingerprint density at radius 2 is 2.16 bits per heavy atom. The second-order valence-electron chi connectivity index (χ2n) is 6.35. The van der Waals surface area contributed by atoms with Crippen molar-refractivity contribution < 1.29 is 57.5 Å². The number of carboxylic acids is 1. The molecule has 17 heteroatoms. The number of carboxylic acid groups (broad SMARTS) is 1. The number of rotatable bonds is 7. The number of nitriles is 1. The topological polar surface area (TPSA) is 202 Å². The Morgan fingerprint density at radius 3 is 2.68 bits per heavy atom. The summed E-state index contributed by atoms with van der Waals surface area (Å²) in [5.74, 6) is -3.21. The number of carbonyl (C=O) groups excluding carboxylic acids is 3. The summed E-state index contributed by atoms with van der Waals surface area (Å²) in [6, 6.07) is 0.228. The van der Waals surface area contributed by atoms with E-state index in [1.807, 2.05) is 0 Å². The van der Waals surface area contributed by atoms with Crippen molar-refractivity contribution in [3.05, 3.63) is 11.3 Å². The van der Waals surface area contributed by atoms with Crippen LogP contribution in [0.2, 0.25) is 0 Å². The number of hydrogen-bond donors (Lipinski definition) is 2. The molecular weight excluding hydrogens is 481 g/mol. The van der Waals surface area contributed by atoms with Crippen LogP contribution in [0.5, 0.6) is 0 Å². The predicted molar refractivity (Wildman–Crippen MR) is 101 cm³/mol. The maximum absolute atomic E-state index is 12.6. The van der Waals surface area contributed by atoms with Gasteiger partial charge in [0.2, 0.25) is 10.4 Å². The average Bonchev–Trinajstić information content (AvgIpc) is 3.16. The van der Waals surface area contributed by atoms with E-state index >= 15 is 0 Å². The summed E-state index contributed by atoms with van der Waals surface area (Å²) in [4.78, 5) is 37.5. The number of thioether (sulfide) groups is 2. The number of nitrogens with one attached hydrogen (secondary N) is 2. The van der Waals surface area contributed by atoms with E-state index < -0.39 is 49.5 Å². The maximum atomic E-state index is 12.6. The van der Waals surface area contributed by atoms with E-state index in [0.717, 1.165) is 22.9 Å². The van der Waals surface area contributed by atoms with Gasteiger partial charge in [-0.2, -0.15) is 10.5 Å². The van der Waals surface area contributed by atoms with E-state index in [1.165, 1.54) is 17.8 Å². The van der Waals surface area contributed by atoms with Gasteiger partial charge in [0.25, 0.3) is 11.8 Å². The molecule has 2 aliphatic rings. The second kappa shape index (κ2) is 9.88. The fourth-order valence-corrected chi connectivity index (χ4v) is 6.01. The van der Waals surface area contributed by atoms with Crippen LogP contribution in [0.15, 0.2) is 16.4 Å². The second-order valence-corrected chi connectivity index (χ2v) is 10.9. The van der Waals surface area contributed by atoms with Gasteiger partial charge in [0.15, 0.2) is 9.84 Å². The number of H-pyrrole nitrogens is 1. The number of aromatic amines is 1. The zero-order valence-corrected chi connectivity index (χ0v) is 20.9. The standard InChI is InChI=1S/C14H15N7O6S3.Na/c1-5(29-14-17-19-20-18-14)6-4-28-12-8(11(23)21(12)9(6)13(24)25)16-10(22)7(3-15)30(2,26)27;/h5,7-8,12H,4H2,1-2H3,(H,16,22)(H,24,25)(H,17,18,19,20);/q;+1/p-1/t5?,7?,8?,12-;/m0./s1. The molecule has 3 heterocycles. The zero-order chi connectivity index (χ0) is 22.2. The third-order valence-electron chi connectivity index (χ3n) is 4.37. The summed E-state index contributed by atoms with van der Waals surface area (Å²) < 4.78 is 23.1. The van der Waals surface area contributed by atoms with Crippen molar-refractivity contribution in [1.82, 2.24) is 30.8 Å². The van der Waals surface area contributed by atoms with Crippen LogP contribution in [0.4, 0.5) is 0 Å². The number of carbonyl (C=O) groups is 3. The molecule has 2 N–H and O–H groups in total. The Balaban J connectivity index is 0.00000341. The van der Waals surface area contributed by atoms with Crippen LogP contribution in [0.1, 0.15) is 6.92 Å². The number of aromatic nitrogens is 4. The first-order valence-corrected chi connectivity index (χ1v) is 12.1. The maximum Gasteiger partial charge on any atom is 1.00 e. The van der Waals surface area contributed by atoms with Crippen molar-refractivity contribution in [2.75, 3.05) is 12.0 Å². The number of amides is 2. The van der Waals surface area contributed by atoms with E-state index in [-0.39, 0.29) is 41.0 Å².